The maximum absolute atomic E-state index is 7.23. The van der Waals surface area contributed by atoms with Crippen molar-refractivity contribution in [2.45, 2.75) is 99.9 Å². The van der Waals surface area contributed by atoms with Crippen molar-refractivity contribution in [3.63, 3.8) is 0 Å². The van der Waals surface area contributed by atoms with Crippen molar-refractivity contribution < 1.29 is 68.0 Å². The molecule has 0 aliphatic carbocycles. The second-order valence-electron chi connectivity index (χ2n) is 13.9. The van der Waals surface area contributed by atoms with Gasteiger partial charge in [0.25, 0.3) is 0 Å². The maximum Gasteiger partial charge on any atom is 0.141 e. The molecule has 0 N–H and O–H groups in total. The summed E-state index contributed by atoms with van der Waals surface area (Å²) in [5, 5.41) is 0. The molecular formula is C41H44O3WY-2. The van der Waals surface area contributed by atoms with Crippen molar-refractivity contribution in [1.29, 1.82) is 0 Å². The topological polar surface area (TPSA) is 27.7 Å². The molecule has 5 heteroatoms. The second kappa shape index (κ2) is 12.5. The number of ether oxygens (including phenoxy) is 3. The summed E-state index contributed by atoms with van der Waals surface area (Å²) in [6.07, 6.45) is 2.20. The van der Waals surface area contributed by atoms with E-state index >= 15 is 0 Å². The minimum atomic E-state index is -1.05. The van der Waals surface area contributed by atoms with Crippen molar-refractivity contribution >= 4 is 0 Å². The van der Waals surface area contributed by atoms with Crippen molar-refractivity contribution in [3.05, 3.63) is 127 Å². The van der Waals surface area contributed by atoms with Crippen LogP contribution >= 0.6 is 0 Å². The van der Waals surface area contributed by atoms with E-state index < -0.39 is 5.79 Å². The normalized spacial score (nSPS) is 23.7. The van der Waals surface area contributed by atoms with E-state index in [1.165, 1.54) is 50.1 Å². The van der Waals surface area contributed by atoms with Gasteiger partial charge in [0.2, 0.25) is 0 Å². The van der Waals surface area contributed by atoms with Crippen LogP contribution in [0.4, 0.5) is 0 Å². The number of rotatable bonds is 2. The van der Waals surface area contributed by atoms with Crippen LogP contribution in [0.25, 0.3) is 0 Å². The van der Waals surface area contributed by atoms with E-state index in [4.69, 9.17) is 14.2 Å². The summed E-state index contributed by atoms with van der Waals surface area (Å²) in [5.74, 6) is 2.10. The molecular weight excluding hydrogens is 813 g/mol. The van der Waals surface area contributed by atoms with Crippen LogP contribution in [-0.2, 0) is 59.6 Å². The Balaban J connectivity index is 0.00000208. The molecule has 0 amide bonds. The van der Waals surface area contributed by atoms with Gasteiger partial charge in [-0.1, -0.05) is 52.0 Å². The summed E-state index contributed by atoms with van der Waals surface area (Å²) in [6, 6.07) is 17.2. The van der Waals surface area contributed by atoms with E-state index in [9.17, 15) is 0 Å². The van der Waals surface area contributed by atoms with E-state index in [1.807, 2.05) is 0 Å². The van der Waals surface area contributed by atoms with Crippen LogP contribution in [0.3, 0.4) is 0 Å². The SMILES string of the molecule is Cc1[c-]c2c(cc1C)OC1(c3cc(C)c(C)c(C)c3)[CH-]C2c2c(cc(C)c3c2OC(c2cc(C)c(C)c(C)c2)C(C)C3C)O1.[W].[Y]. The van der Waals surface area contributed by atoms with Crippen LogP contribution in [0.5, 0.6) is 17.2 Å². The molecule has 46 heavy (non-hydrogen) atoms. The van der Waals surface area contributed by atoms with Gasteiger partial charge >= 0.3 is 0 Å². The molecule has 0 spiro atoms. The summed E-state index contributed by atoms with van der Waals surface area (Å²) in [4.78, 5) is 0. The van der Waals surface area contributed by atoms with Crippen molar-refractivity contribution in [2.24, 2.45) is 5.92 Å². The fraction of sp³-hybridized carbons (Fsp3) is 0.390. The molecule has 0 saturated carbocycles. The molecule has 4 aromatic rings. The Morgan fingerprint density at radius 2 is 1.22 bits per heavy atom. The van der Waals surface area contributed by atoms with E-state index in [0.29, 0.717) is 11.8 Å². The predicted octanol–water partition coefficient (Wildman–Crippen LogP) is 10.1. The standard InChI is InChI=1S/C41H44O3.W.Y/c1-20-16-33-34-19-41(43-35(33)17-21(20)2,32-14-24(5)28(9)25(6)15-32)44-36-18-26(7)37-29(10)30(11)39(42-40(37)38(34)36)31-12-22(3)27(8)23(4)13-31;;/h12-15,17-19,29-30,34,39H,1-11H3;;/q-2;;. The number of hydrogen-bond acceptors (Lipinski definition) is 3. The Morgan fingerprint density at radius 1 is 0.674 bits per heavy atom. The van der Waals surface area contributed by atoms with E-state index in [2.05, 4.69) is 125 Å². The van der Waals surface area contributed by atoms with E-state index in [0.717, 1.165) is 45.1 Å². The zero-order chi connectivity index (χ0) is 31.4. The fourth-order valence-electron chi connectivity index (χ4n) is 7.68. The fourth-order valence-corrected chi connectivity index (χ4v) is 7.68. The van der Waals surface area contributed by atoms with Gasteiger partial charge in [-0.25, -0.2) is 6.42 Å². The minimum Gasteiger partial charge on any atom is -0.536 e. The van der Waals surface area contributed by atoms with Gasteiger partial charge in [0, 0.05) is 82.1 Å². The Hall–Kier alpha value is -1.93. The monoisotopic (exact) mass is 857 g/mol. The summed E-state index contributed by atoms with van der Waals surface area (Å²) in [5.41, 5.74) is 16.9. The second-order valence-corrected chi connectivity index (χ2v) is 13.9. The van der Waals surface area contributed by atoms with Crippen LogP contribution in [0.15, 0.2) is 36.4 Å². The summed E-state index contributed by atoms with van der Waals surface area (Å²) >= 11 is 0. The van der Waals surface area contributed by atoms with Gasteiger partial charge in [0.05, 0.1) is 0 Å². The van der Waals surface area contributed by atoms with Gasteiger partial charge in [-0.15, -0.1) is 17.5 Å². The Morgan fingerprint density at radius 3 is 1.83 bits per heavy atom. The van der Waals surface area contributed by atoms with Crippen LogP contribution < -0.4 is 14.2 Å². The average Bonchev–Trinajstić information content (AvgIpc) is 2.96. The largest absolute Gasteiger partial charge is 0.536 e. The van der Waals surface area contributed by atoms with Crippen LogP contribution in [0.2, 0.25) is 0 Å². The zero-order valence-corrected chi connectivity index (χ0v) is 34.8. The molecule has 0 saturated heterocycles. The molecule has 5 unspecified atom stereocenters. The Bertz CT molecular complexity index is 1830. The average molecular weight is 858 g/mol. The van der Waals surface area contributed by atoms with Gasteiger partial charge in [-0.2, -0.15) is 17.2 Å². The Kier molecular flexibility index (Phi) is 9.62. The van der Waals surface area contributed by atoms with Crippen LogP contribution in [0.1, 0.15) is 110 Å². The van der Waals surface area contributed by atoms with Crippen molar-refractivity contribution in [3.8, 4) is 17.2 Å². The summed E-state index contributed by atoms with van der Waals surface area (Å²) in [7, 11) is 0. The molecule has 0 fully saturated rings. The third-order valence-electron chi connectivity index (χ3n) is 11.2. The first-order valence-corrected chi connectivity index (χ1v) is 16.1. The molecule has 3 nitrogen and oxygen atoms in total. The molecule has 3 aliphatic rings. The van der Waals surface area contributed by atoms with E-state index in [-0.39, 0.29) is 65.8 Å². The third kappa shape index (κ3) is 5.36. The molecule has 2 bridgehead atoms. The van der Waals surface area contributed by atoms with Crippen molar-refractivity contribution in [2.75, 3.05) is 0 Å². The van der Waals surface area contributed by atoms with E-state index in [1.54, 1.807) is 0 Å². The zero-order valence-electron chi connectivity index (χ0n) is 29.1. The molecule has 237 valence electrons. The third-order valence-corrected chi connectivity index (χ3v) is 11.2. The first kappa shape index (κ1) is 35.4. The smallest absolute Gasteiger partial charge is 0.141 e. The van der Waals surface area contributed by atoms with Gasteiger partial charge < -0.3 is 14.2 Å². The molecule has 3 heterocycles. The van der Waals surface area contributed by atoms with Gasteiger partial charge in [0.15, 0.2) is 0 Å². The van der Waals surface area contributed by atoms with Crippen LogP contribution in [-0.4, -0.2) is 0 Å². The quantitative estimate of drug-likeness (QED) is 0.188. The van der Waals surface area contributed by atoms with Crippen LogP contribution in [0, 0.1) is 80.7 Å². The number of benzene rings is 4. The number of fused-ring (bicyclic) bond motifs is 8. The maximum atomic E-state index is 7.23. The van der Waals surface area contributed by atoms with Gasteiger partial charge in [-0.3, -0.25) is 0 Å². The summed E-state index contributed by atoms with van der Waals surface area (Å²) < 4.78 is 21.2. The minimum absolute atomic E-state index is 0. The summed E-state index contributed by atoms with van der Waals surface area (Å²) in [6.45, 7) is 24.3. The molecule has 7 rings (SSSR count). The first-order chi connectivity index (χ1) is 20.8. The van der Waals surface area contributed by atoms with Gasteiger partial charge in [-0.05, 0) is 105 Å². The Labute approximate surface area is 315 Å². The first-order valence-electron chi connectivity index (χ1n) is 16.1. The molecule has 0 aromatic heterocycles. The predicted molar refractivity (Wildman–Crippen MR) is 177 cm³/mol. The number of aryl methyl sites for hydroxylation is 7. The molecule has 4 aromatic carbocycles. The van der Waals surface area contributed by atoms with Crippen molar-refractivity contribution in [1.82, 2.24) is 0 Å². The number of hydrogen-bond donors (Lipinski definition) is 0. The molecule has 1 radical (unpaired) electrons. The van der Waals surface area contributed by atoms with Gasteiger partial charge in [0.1, 0.15) is 23.4 Å². The molecule has 3 aliphatic heterocycles. The molecule has 5 atom stereocenters.